The first-order chi connectivity index (χ1) is 16.1. The van der Waals surface area contributed by atoms with Gasteiger partial charge in [0.15, 0.2) is 0 Å². The summed E-state index contributed by atoms with van der Waals surface area (Å²) in [5.74, 6) is 1.24. The van der Waals surface area contributed by atoms with Crippen molar-refractivity contribution >= 4 is 18.0 Å². The van der Waals surface area contributed by atoms with Gasteiger partial charge >= 0.3 is 12.1 Å². The number of carbonyl (C=O) groups excluding carboxylic acids is 3. The SMILES string of the molecule is CCOC(=O)C12CN(Cc3ccccc3)CC(CN(C(=O)OCc3ccccc3)C1)C2=C=O. The molecular weight excluding hydrogens is 420 g/mol. The fraction of sp³-hybridized carbons (Fsp3) is 0.385. The molecule has 0 radical (unpaired) electrons. The Bertz CT molecular complexity index is 1040. The summed E-state index contributed by atoms with van der Waals surface area (Å²) in [6.07, 6.45) is -0.501. The van der Waals surface area contributed by atoms with E-state index >= 15 is 0 Å². The van der Waals surface area contributed by atoms with E-state index in [2.05, 4.69) is 4.90 Å². The predicted octanol–water partition coefficient (Wildman–Crippen LogP) is 3.08. The third-order valence-corrected chi connectivity index (χ3v) is 6.29. The Labute approximate surface area is 193 Å². The third-order valence-electron chi connectivity index (χ3n) is 6.29. The van der Waals surface area contributed by atoms with Crippen LogP contribution in [0.2, 0.25) is 0 Å². The lowest BCUT2D eigenvalue weighted by Gasteiger charge is -2.51. The van der Waals surface area contributed by atoms with Crippen LogP contribution in [0.3, 0.4) is 0 Å². The first-order valence-corrected chi connectivity index (χ1v) is 11.2. The average Bonchev–Trinajstić information content (AvgIpc) is 2.83. The second-order valence-corrected chi connectivity index (χ2v) is 8.59. The van der Waals surface area contributed by atoms with Gasteiger partial charge in [-0.25, -0.2) is 9.59 Å². The molecule has 0 aliphatic carbocycles. The Balaban J connectivity index is 1.56. The first kappa shape index (κ1) is 22.8. The van der Waals surface area contributed by atoms with Gasteiger partial charge in [0.25, 0.3) is 0 Å². The van der Waals surface area contributed by atoms with Crippen molar-refractivity contribution in [2.24, 2.45) is 11.3 Å². The van der Waals surface area contributed by atoms with Crippen LogP contribution in [0.1, 0.15) is 18.1 Å². The molecule has 2 fully saturated rings. The fourth-order valence-electron chi connectivity index (χ4n) is 4.87. The zero-order valence-corrected chi connectivity index (χ0v) is 18.7. The summed E-state index contributed by atoms with van der Waals surface area (Å²) in [6.45, 7) is 3.86. The molecule has 2 bridgehead atoms. The highest BCUT2D eigenvalue weighted by Gasteiger charge is 2.57. The summed E-state index contributed by atoms with van der Waals surface area (Å²) in [5, 5.41) is 0. The molecule has 172 valence electrons. The molecule has 0 N–H and O–H groups in total. The quantitative estimate of drug-likeness (QED) is 0.499. The molecule has 0 spiro atoms. The van der Waals surface area contributed by atoms with Crippen LogP contribution in [-0.4, -0.2) is 60.6 Å². The van der Waals surface area contributed by atoms with E-state index in [1.54, 1.807) is 6.92 Å². The van der Waals surface area contributed by atoms with E-state index in [0.717, 1.165) is 11.1 Å². The van der Waals surface area contributed by atoms with Gasteiger partial charge in [-0.2, -0.15) is 0 Å². The number of fused-ring (bicyclic) bond motifs is 2. The van der Waals surface area contributed by atoms with Gasteiger partial charge in [0.05, 0.1) is 6.61 Å². The van der Waals surface area contributed by atoms with Crippen LogP contribution >= 0.6 is 0 Å². The van der Waals surface area contributed by atoms with Crippen LogP contribution in [0.5, 0.6) is 0 Å². The average molecular weight is 449 g/mol. The normalized spacial score (nSPS) is 22.4. The fourth-order valence-corrected chi connectivity index (χ4v) is 4.87. The Morgan fingerprint density at radius 3 is 2.27 bits per heavy atom. The summed E-state index contributed by atoms with van der Waals surface area (Å²) in [5.41, 5.74) is 1.15. The van der Waals surface area contributed by atoms with Crippen LogP contribution < -0.4 is 0 Å². The smallest absolute Gasteiger partial charge is 0.410 e. The Kier molecular flexibility index (Phi) is 6.92. The van der Waals surface area contributed by atoms with Crippen molar-refractivity contribution < 1.29 is 23.9 Å². The molecular formula is C26H28N2O5. The van der Waals surface area contributed by atoms with Gasteiger partial charge in [-0.15, -0.1) is 0 Å². The molecule has 2 heterocycles. The lowest BCUT2D eigenvalue weighted by atomic mass is 9.68. The topological polar surface area (TPSA) is 76.2 Å². The van der Waals surface area contributed by atoms with Crippen molar-refractivity contribution in [2.75, 3.05) is 32.8 Å². The van der Waals surface area contributed by atoms with E-state index in [4.69, 9.17) is 9.47 Å². The van der Waals surface area contributed by atoms with Gasteiger partial charge < -0.3 is 14.4 Å². The second kappa shape index (κ2) is 10.0. The van der Waals surface area contributed by atoms with Crippen molar-refractivity contribution in [1.29, 1.82) is 0 Å². The van der Waals surface area contributed by atoms with Crippen LogP contribution in [0.4, 0.5) is 4.79 Å². The summed E-state index contributed by atoms with van der Waals surface area (Å²) in [6, 6.07) is 19.4. The largest absolute Gasteiger partial charge is 0.465 e. The summed E-state index contributed by atoms with van der Waals surface area (Å²) in [4.78, 5) is 41.8. The van der Waals surface area contributed by atoms with Crippen molar-refractivity contribution in [1.82, 2.24) is 9.80 Å². The number of hydrogen-bond acceptors (Lipinski definition) is 6. The maximum Gasteiger partial charge on any atom is 0.410 e. The van der Waals surface area contributed by atoms with Gasteiger partial charge in [0.2, 0.25) is 0 Å². The molecule has 7 nitrogen and oxygen atoms in total. The number of hydrogen-bond donors (Lipinski definition) is 0. The van der Waals surface area contributed by atoms with Crippen LogP contribution in [-0.2, 0) is 32.2 Å². The lowest BCUT2D eigenvalue weighted by molar-refractivity contribution is -0.159. The standard InChI is InChI=1S/C26H28N2O5/c1-2-32-24(30)26-18-27(13-20-9-5-3-6-10-20)14-22(23(26)16-29)15-28(19-26)25(31)33-17-21-11-7-4-8-12-21/h3-12,22H,2,13-15,17-19H2,1H3. The van der Waals surface area contributed by atoms with Crippen LogP contribution in [0.15, 0.2) is 66.2 Å². The number of nitrogens with zero attached hydrogens (tertiary/aromatic N) is 2. The van der Waals surface area contributed by atoms with Crippen molar-refractivity contribution in [3.05, 3.63) is 77.4 Å². The maximum atomic E-state index is 13.2. The van der Waals surface area contributed by atoms with E-state index in [-0.39, 0.29) is 32.2 Å². The third kappa shape index (κ3) is 4.85. The van der Waals surface area contributed by atoms with Gasteiger partial charge in [0.1, 0.15) is 18.0 Å². The molecule has 4 rings (SSSR count). The Morgan fingerprint density at radius 1 is 0.970 bits per heavy atom. The monoisotopic (exact) mass is 448 g/mol. The minimum absolute atomic E-state index is 0.0336. The highest BCUT2D eigenvalue weighted by Crippen LogP contribution is 2.43. The van der Waals surface area contributed by atoms with Crippen molar-refractivity contribution in [3.63, 3.8) is 0 Å². The number of amides is 1. The molecule has 2 aromatic rings. The van der Waals surface area contributed by atoms with E-state index in [9.17, 15) is 14.4 Å². The zero-order valence-electron chi connectivity index (χ0n) is 18.7. The number of rotatable bonds is 6. The molecule has 2 aliphatic heterocycles. The zero-order chi connectivity index (χ0) is 23.3. The first-order valence-electron chi connectivity index (χ1n) is 11.2. The molecule has 0 aromatic heterocycles. The molecule has 2 unspecified atom stereocenters. The minimum Gasteiger partial charge on any atom is -0.465 e. The summed E-state index contributed by atoms with van der Waals surface area (Å²) >= 11 is 0. The molecule has 33 heavy (non-hydrogen) atoms. The number of likely N-dealkylation sites (tertiary alicyclic amines) is 2. The van der Waals surface area contributed by atoms with Crippen LogP contribution in [0.25, 0.3) is 0 Å². The van der Waals surface area contributed by atoms with E-state index in [1.807, 2.05) is 66.6 Å². The number of ether oxygens (including phenoxy) is 2. The number of benzene rings is 2. The lowest BCUT2D eigenvalue weighted by Crippen LogP contribution is -2.64. The van der Waals surface area contributed by atoms with E-state index in [0.29, 0.717) is 25.2 Å². The molecule has 0 saturated carbocycles. The maximum absolute atomic E-state index is 13.2. The van der Waals surface area contributed by atoms with Gasteiger partial charge in [-0.1, -0.05) is 60.7 Å². The molecule has 2 atom stereocenters. The summed E-state index contributed by atoms with van der Waals surface area (Å²) < 4.78 is 10.9. The molecule has 2 aromatic carbocycles. The Morgan fingerprint density at radius 2 is 1.64 bits per heavy atom. The van der Waals surface area contributed by atoms with Gasteiger partial charge in [-0.05, 0) is 18.1 Å². The van der Waals surface area contributed by atoms with Gasteiger partial charge in [0, 0.05) is 44.2 Å². The van der Waals surface area contributed by atoms with Crippen molar-refractivity contribution in [2.45, 2.75) is 20.1 Å². The molecule has 7 heteroatoms. The van der Waals surface area contributed by atoms with E-state index < -0.39 is 17.5 Å². The second-order valence-electron chi connectivity index (χ2n) is 8.59. The number of piperidine rings is 2. The highest BCUT2D eigenvalue weighted by molar-refractivity contribution is 5.87. The molecule has 2 saturated heterocycles. The van der Waals surface area contributed by atoms with E-state index in [1.165, 1.54) is 4.90 Å². The predicted molar refractivity (Wildman–Crippen MR) is 122 cm³/mol. The molecule has 2 aliphatic rings. The highest BCUT2D eigenvalue weighted by atomic mass is 16.6. The van der Waals surface area contributed by atoms with Crippen molar-refractivity contribution in [3.8, 4) is 0 Å². The number of carbonyl (C=O) groups is 2. The minimum atomic E-state index is -1.25. The van der Waals surface area contributed by atoms with Crippen LogP contribution in [0, 0.1) is 11.3 Å². The number of esters is 1. The summed E-state index contributed by atoms with van der Waals surface area (Å²) in [7, 11) is 0. The van der Waals surface area contributed by atoms with Gasteiger partial charge in [-0.3, -0.25) is 9.69 Å². The molecule has 1 amide bonds. The Hall–Kier alpha value is -3.41.